The minimum absolute atomic E-state index is 0.0784. The Kier molecular flexibility index (Phi) is 5.36. The molecule has 2 aliphatic rings. The van der Waals surface area contributed by atoms with Crippen LogP contribution in [0.2, 0.25) is 0 Å². The maximum Gasteiger partial charge on any atom is 0.260 e. The summed E-state index contributed by atoms with van der Waals surface area (Å²) in [7, 11) is 1.73. The van der Waals surface area contributed by atoms with Crippen molar-refractivity contribution >= 4 is 5.91 Å². The largest absolute Gasteiger partial charge is 0.484 e. The minimum atomic E-state index is -0.375. The van der Waals surface area contributed by atoms with Crippen LogP contribution in [0.1, 0.15) is 25.7 Å². The third-order valence-corrected chi connectivity index (χ3v) is 4.99. The van der Waals surface area contributed by atoms with Crippen LogP contribution in [-0.4, -0.2) is 55.9 Å². The molecule has 2 saturated heterocycles. The maximum absolute atomic E-state index is 13.1. The lowest BCUT2D eigenvalue weighted by Gasteiger charge is -2.47. The predicted molar refractivity (Wildman–Crippen MR) is 86.4 cm³/mol. The summed E-state index contributed by atoms with van der Waals surface area (Å²) in [5, 5.41) is 0. The molecule has 132 valence electrons. The highest BCUT2D eigenvalue weighted by Crippen LogP contribution is 2.36. The summed E-state index contributed by atoms with van der Waals surface area (Å²) in [6.45, 7) is 1.94. The molecule has 0 saturated carbocycles. The Labute approximate surface area is 141 Å². The highest BCUT2D eigenvalue weighted by atomic mass is 19.1. The molecule has 2 aliphatic heterocycles. The van der Waals surface area contributed by atoms with Crippen molar-refractivity contribution in [3.05, 3.63) is 30.1 Å². The fourth-order valence-electron chi connectivity index (χ4n) is 3.63. The van der Waals surface area contributed by atoms with Gasteiger partial charge < -0.3 is 19.1 Å². The fourth-order valence-corrected chi connectivity index (χ4v) is 3.63. The zero-order chi connectivity index (χ0) is 17.0. The molecule has 2 fully saturated rings. The number of halogens is 1. The van der Waals surface area contributed by atoms with Gasteiger partial charge in [0, 0.05) is 32.9 Å². The normalized spacial score (nSPS) is 23.2. The second-order valence-electron chi connectivity index (χ2n) is 6.41. The van der Waals surface area contributed by atoms with E-state index >= 15 is 0 Å². The molecule has 0 unspecified atom stereocenters. The summed E-state index contributed by atoms with van der Waals surface area (Å²) in [6, 6.07) is 5.82. The van der Waals surface area contributed by atoms with Gasteiger partial charge in [0.05, 0.1) is 11.7 Å². The Morgan fingerprint density at radius 2 is 2.21 bits per heavy atom. The lowest BCUT2D eigenvalue weighted by molar-refractivity contribution is -0.188. The van der Waals surface area contributed by atoms with Crippen LogP contribution in [0.15, 0.2) is 24.3 Å². The van der Waals surface area contributed by atoms with Crippen molar-refractivity contribution in [1.29, 1.82) is 0 Å². The second kappa shape index (κ2) is 7.49. The third kappa shape index (κ3) is 3.70. The topological polar surface area (TPSA) is 48.0 Å². The lowest BCUT2D eigenvalue weighted by Crippen LogP contribution is -2.57. The van der Waals surface area contributed by atoms with Gasteiger partial charge in [0.2, 0.25) is 0 Å². The lowest BCUT2D eigenvalue weighted by atomic mass is 9.82. The standard InChI is InChI=1S/C18H24FNO4/c1-22-16-6-3-11-24-18(16)7-9-20(10-8-18)17(21)13-23-15-5-2-4-14(19)12-15/h2,4-5,12,16H,3,6-11,13H2,1H3/t16-/m1/s1. The second-order valence-corrected chi connectivity index (χ2v) is 6.41. The molecule has 1 aromatic carbocycles. The minimum Gasteiger partial charge on any atom is -0.484 e. The van der Waals surface area contributed by atoms with E-state index in [2.05, 4.69) is 0 Å². The number of hydrogen-bond donors (Lipinski definition) is 0. The number of piperidine rings is 1. The van der Waals surface area contributed by atoms with Gasteiger partial charge in [-0.05, 0) is 37.8 Å². The number of benzene rings is 1. The summed E-state index contributed by atoms with van der Waals surface area (Å²) in [4.78, 5) is 14.1. The Bertz CT molecular complexity index is 572. The number of amides is 1. The van der Waals surface area contributed by atoms with E-state index in [1.165, 1.54) is 12.1 Å². The number of likely N-dealkylation sites (tertiary alicyclic amines) is 1. The van der Waals surface area contributed by atoms with Crippen LogP contribution in [0.4, 0.5) is 4.39 Å². The number of ether oxygens (including phenoxy) is 3. The van der Waals surface area contributed by atoms with E-state index in [4.69, 9.17) is 14.2 Å². The quantitative estimate of drug-likeness (QED) is 0.846. The Hall–Kier alpha value is -1.66. The fraction of sp³-hybridized carbons (Fsp3) is 0.611. The van der Waals surface area contributed by atoms with Gasteiger partial charge in [0.25, 0.3) is 5.91 Å². The van der Waals surface area contributed by atoms with E-state index in [9.17, 15) is 9.18 Å². The summed E-state index contributed by atoms with van der Waals surface area (Å²) in [5.41, 5.74) is -0.257. The van der Waals surface area contributed by atoms with E-state index in [1.807, 2.05) is 0 Å². The van der Waals surface area contributed by atoms with Crippen LogP contribution >= 0.6 is 0 Å². The van der Waals surface area contributed by atoms with Gasteiger partial charge in [0.1, 0.15) is 11.6 Å². The molecule has 24 heavy (non-hydrogen) atoms. The van der Waals surface area contributed by atoms with Gasteiger partial charge in [-0.3, -0.25) is 4.79 Å². The first-order chi connectivity index (χ1) is 11.6. The molecular weight excluding hydrogens is 313 g/mol. The van der Waals surface area contributed by atoms with E-state index in [0.717, 1.165) is 32.3 Å². The monoisotopic (exact) mass is 337 g/mol. The van der Waals surface area contributed by atoms with Crippen molar-refractivity contribution in [1.82, 2.24) is 4.90 Å². The Balaban J connectivity index is 1.51. The average molecular weight is 337 g/mol. The summed E-state index contributed by atoms with van der Waals surface area (Å²) in [5.74, 6) is -0.0919. The van der Waals surface area contributed by atoms with Gasteiger partial charge in [0.15, 0.2) is 6.61 Å². The zero-order valence-corrected chi connectivity index (χ0v) is 14.0. The molecule has 1 atom stereocenters. The first-order valence-corrected chi connectivity index (χ1v) is 8.46. The number of rotatable bonds is 4. The first kappa shape index (κ1) is 17.2. The third-order valence-electron chi connectivity index (χ3n) is 4.99. The number of methoxy groups -OCH3 is 1. The molecule has 0 N–H and O–H groups in total. The van der Waals surface area contributed by atoms with Crippen molar-refractivity contribution in [2.75, 3.05) is 33.4 Å². The predicted octanol–water partition coefficient (Wildman–Crippen LogP) is 2.39. The molecule has 3 rings (SSSR count). The van der Waals surface area contributed by atoms with Crippen LogP contribution in [0.25, 0.3) is 0 Å². The van der Waals surface area contributed by atoms with Crippen molar-refractivity contribution in [3.8, 4) is 5.75 Å². The van der Waals surface area contributed by atoms with Gasteiger partial charge in [-0.2, -0.15) is 0 Å². The smallest absolute Gasteiger partial charge is 0.260 e. The number of carbonyl (C=O) groups excluding carboxylic acids is 1. The van der Waals surface area contributed by atoms with Crippen molar-refractivity contribution < 1.29 is 23.4 Å². The van der Waals surface area contributed by atoms with Crippen LogP contribution in [0, 0.1) is 5.82 Å². The number of nitrogens with zero attached hydrogens (tertiary/aromatic N) is 1. The van der Waals surface area contributed by atoms with E-state index < -0.39 is 0 Å². The average Bonchev–Trinajstić information content (AvgIpc) is 2.61. The highest BCUT2D eigenvalue weighted by Gasteiger charge is 2.45. The van der Waals surface area contributed by atoms with E-state index in [0.29, 0.717) is 18.8 Å². The van der Waals surface area contributed by atoms with Crippen LogP contribution in [-0.2, 0) is 14.3 Å². The van der Waals surface area contributed by atoms with Crippen LogP contribution in [0.3, 0.4) is 0 Å². The van der Waals surface area contributed by atoms with Gasteiger partial charge in [-0.25, -0.2) is 4.39 Å². The zero-order valence-electron chi connectivity index (χ0n) is 14.0. The van der Waals surface area contributed by atoms with Gasteiger partial charge >= 0.3 is 0 Å². The molecule has 6 heteroatoms. The summed E-state index contributed by atoms with van der Waals surface area (Å²) >= 11 is 0. The van der Waals surface area contributed by atoms with Crippen LogP contribution in [0.5, 0.6) is 5.75 Å². The van der Waals surface area contributed by atoms with E-state index in [1.54, 1.807) is 24.1 Å². The van der Waals surface area contributed by atoms with Crippen molar-refractivity contribution in [3.63, 3.8) is 0 Å². The Morgan fingerprint density at radius 3 is 2.92 bits per heavy atom. The molecule has 2 heterocycles. The molecular formula is C18H24FNO4. The summed E-state index contributed by atoms with van der Waals surface area (Å²) in [6.07, 6.45) is 3.68. The molecule has 0 aliphatic carbocycles. The molecule has 5 nitrogen and oxygen atoms in total. The highest BCUT2D eigenvalue weighted by molar-refractivity contribution is 5.77. The molecule has 0 radical (unpaired) electrons. The number of hydrogen-bond acceptors (Lipinski definition) is 4. The molecule has 0 aromatic heterocycles. The van der Waals surface area contributed by atoms with Crippen LogP contribution < -0.4 is 4.74 Å². The van der Waals surface area contributed by atoms with Gasteiger partial charge in [-0.1, -0.05) is 6.07 Å². The van der Waals surface area contributed by atoms with E-state index in [-0.39, 0.29) is 30.0 Å². The van der Waals surface area contributed by atoms with Crippen molar-refractivity contribution in [2.45, 2.75) is 37.4 Å². The summed E-state index contributed by atoms with van der Waals surface area (Å²) < 4.78 is 30.2. The Morgan fingerprint density at radius 1 is 1.42 bits per heavy atom. The molecule has 1 aromatic rings. The molecule has 1 amide bonds. The SMILES string of the molecule is CO[C@@H]1CCCOC12CCN(C(=O)COc1cccc(F)c1)CC2. The first-order valence-electron chi connectivity index (χ1n) is 8.46. The number of carbonyl (C=O) groups is 1. The molecule has 0 bridgehead atoms. The van der Waals surface area contributed by atoms with Gasteiger partial charge in [-0.15, -0.1) is 0 Å². The molecule has 1 spiro atoms. The van der Waals surface area contributed by atoms with Crippen molar-refractivity contribution in [2.24, 2.45) is 0 Å². The maximum atomic E-state index is 13.1.